The molecule has 154 valence electrons. The van der Waals surface area contributed by atoms with E-state index in [1.165, 1.54) is 51.9 Å². The van der Waals surface area contributed by atoms with Gasteiger partial charge < -0.3 is 9.47 Å². The summed E-state index contributed by atoms with van der Waals surface area (Å²) < 4.78 is 42.9. The molecule has 1 heterocycles. The van der Waals surface area contributed by atoms with Crippen molar-refractivity contribution in [1.82, 2.24) is 0 Å². The summed E-state index contributed by atoms with van der Waals surface area (Å²) in [6, 6.07) is 5.34. The molecule has 1 aromatic rings. The molecule has 0 saturated carbocycles. The second kappa shape index (κ2) is 9.78. The largest absolute Gasteiger partial charge is 0.487 e. The highest BCUT2D eigenvalue weighted by Crippen LogP contribution is 2.38. The van der Waals surface area contributed by atoms with E-state index in [4.69, 9.17) is 14.0 Å². The number of unbranched alkanes of at least 4 members (excludes halogenated alkanes) is 6. The topological polar surface area (TPSA) is 72.8 Å². The van der Waals surface area contributed by atoms with Crippen LogP contribution < -0.4 is 9.47 Å². The van der Waals surface area contributed by atoms with E-state index in [-0.39, 0.29) is 5.60 Å². The van der Waals surface area contributed by atoms with Crippen molar-refractivity contribution in [3.63, 3.8) is 0 Å². The molecule has 1 aliphatic rings. The minimum absolute atomic E-state index is 0.138. The van der Waals surface area contributed by atoms with Crippen molar-refractivity contribution < 1.29 is 22.4 Å². The maximum atomic E-state index is 11.1. The van der Waals surface area contributed by atoms with E-state index >= 15 is 0 Å². The van der Waals surface area contributed by atoms with Crippen LogP contribution in [0.2, 0.25) is 0 Å². The van der Waals surface area contributed by atoms with Gasteiger partial charge in [0.1, 0.15) is 17.1 Å². The first-order chi connectivity index (χ1) is 12.7. The first kappa shape index (κ1) is 22.0. The fourth-order valence-electron chi connectivity index (χ4n) is 3.52. The number of rotatable bonds is 11. The number of aryl methyl sites for hydroxylation is 1. The third-order valence-electron chi connectivity index (χ3n) is 5.34. The molecule has 2 unspecified atom stereocenters. The zero-order chi connectivity index (χ0) is 19.9. The molecular formula is C21H34O5S. The van der Waals surface area contributed by atoms with Gasteiger partial charge in [0, 0.05) is 0 Å². The van der Waals surface area contributed by atoms with E-state index in [9.17, 15) is 8.42 Å². The van der Waals surface area contributed by atoms with Gasteiger partial charge in [-0.1, -0.05) is 45.4 Å². The standard InChI is InChI=1S/C21H34O5S/c1-4-5-6-7-8-9-10-14-21(3)15-13-18-16-19(11-12-20(18)26-21)25-17(2)27(22,23)24/h11-12,16-17H,4-10,13-15H2,1-3H3,(H,22,23,24). The smallest absolute Gasteiger partial charge is 0.303 e. The second-order valence-corrected chi connectivity index (χ2v) is 9.59. The fraction of sp³-hybridized carbons (Fsp3) is 0.714. The molecular weight excluding hydrogens is 364 g/mol. The molecule has 0 radical (unpaired) electrons. The van der Waals surface area contributed by atoms with Gasteiger partial charge in [-0.2, -0.15) is 8.42 Å². The average molecular weight is 399 g/mol. The summed E-state index contributed by atoms with van der Waals surface area (Å²) in [6.07, 6.45) is 11.9. The van der Waals surface area contributed by atoms with Gasteiger partial charge in [-0.05, 0) is 63.3 Å². The highest BCUT2D eigenvalue weighted by molar-refractivity contribution is 7.86. The van der Waals surface area contributed by atoms with Crippen molar-refractivity contribution in [2.75, 3.05) is 0 Å². The molecule has 1 aliphatic heterocycles. The first-order valence-electron chi connectivity index (χ1n) is 10.2. The maximum Gasteiger partial charge on any atom is 0.303 e. The molecule has 2 atom stereocenters. The second-order valence-electron chi connectivity index (χ2n) is 7.89. The molecule has 1 N–H and O–H groups in total. The Morgan fingerprint density at radius 2 is 1.85 bits per heavy atom. The molecule has 5 nitrogen and oxygen atoms in total. The Morgan fingerprint density at radius 1 is 1.19 bits per heavy atom. The van der Waals surface area contributed by atoms with Crippen molar-refractivity contribution in [3.05, 3.63) is 23.8 Å². The summed E-state index contributed by atoms with van der Waals surface area (Å²) in [6.45, 7) is 5.73. The summed E-state index contributed by atoms with van der Waals surface area (Å²) in [4.78, 5) is 0. The van der Waals surface area contributed by atoms with Crippen LogP contribution in [0, 0.1) is 0 Å². The van der Waals surface area contributed by atoms with Crippen molar-refractivity contribution in [3.8, 4) is 11.5 Å². The van der Waals surface area contributed by atoms with Crippen molar-refractivity contribution in [2.24, 2.45) is 0 Å². The van der Waals surface area contributed by atoms with Gasteiger partial charge in [0.25, 0.3) is 0 Å². The van der Waals surface area contributed by atoms with E-state index in [0.717, 1.165) is 30.6 Å². The molecule has 0 spiro atoms. The van der Waals surface area contributed by atoms with Crippen LogP contribution in [0.1, 0.15) is 84.1 Å². The van der Waals surface area contributed by atoms with Gasteiger partial charge >= 0.3 is 10.1 Å². The van der Waals surface area contributed by atoms with E-state index in [2.05, 4.69) is 13.8 Å². The van der Waals surface area contributed by atoms with Crippen LogP contribution in [-0.2, 0) is 16.5 Å². The van der Waals surface area contributed by atoms with E-state index in [1.807, 2.05) is 12.1 Å². The Bertz CT molecular complexity index is 701. The summed E-state index contributed by atoms with van der Waals surface area (Å²) in [5, 5.41) is 0. The number of hydrogen-bond acceptors (Lipinski definition) is 4. The summed E-state index contributed by atoms with van der Waals surface area (Å²) in [7, 11) is -4.21. The van der Waals surface area contributed by atoms with Crippen LogP contribution >= 0.6 is 0 Å². The van der Waals surface area contributed by atoms with Gasteiger partial charge in [-0.3, -0.25) is 4.55 Å². The number of ether oxygens (including phenoxy) is 2. The third kappa shape index (κ3) is 7.00. The molecule has 0 bridgehead atoms. The summed E-state index contributed by atoms with van der Waals surface area (Å²) in [5.74, 6) is 1.27. The normalized spacial score (nSPS) is 20.6. The van der Waals surface area contributed by atoms with Gasteiger partial charge in [0.2, 0.25) is 5.44 Å². The highest BCUT2D eigenvalue weighted by Gasteiger charge is 2.31. The zero-order valence-corrected chi connectivity index (χ0v) is 17.7. The fourth-order valence-corrected chi connectivity index (χ4v) is 3.76. The Balaban J connectivity index is 1.85. The van der Waals surface area contributed by atoms with Crippen molar-refractivity contribution in [2.45, 2.75) is 96.0 Å². The first-order valence-corrected chi connectivity index (χ1v) is 11.7. The highest BCUT2D eigenvalue weighted by atomic mass is 32.2. The van der Waals surface area contributed by atoms with Gasteiger partial charge in [0.05, 0.1) is 0 Å². The molecule has 0 fully saturated rings. The summed E-state index contributed by atoms with van der Waals surface area (Å²) in [5.41, 5.74) is -0.407. The molecule has 6 heteroatoms. The maximum absolute atomic E-state index is 11.1. The van der Waals surface area contributed by atoms with Gasteiger partial charge in [0.15, 0.2) is 0 Å². The molecule has 0 aromatic heterocycles. The lowest BCUT2D eigenvalue weighted by Gasteiger charge is -2.36. The van der Waals surface area contributed by atoms with Gasteiger partial charge in [-0.25, -0.2) is 0 Å². The third-order valence-corrected chi connectivity index (χ3v) is 6.28. The van der Waals surface area contributed by atoms with Crippen LogP contribution in [0.4, 0.5) is 0 Å². The zero-order valence-electron chi connectivity index (χ0n) is 16.9. The quantitative estimate of drug-likeness (QED) is 0.392. The Morgan fingerprint density at radius 3 is 2.52 bits per heavy atom. The molecule has 1 aromatic carbocycles. The van der Waals surface area contributed by atoms with E-state index in [0.29, 0.717) is 5.75 Å². The Kier molecular flexibility index (Phi) is 7.98. The number of fused-ring (bicyclic) bond motifs is 1. The lowest BCUT2D eigenvalue weighted by molar-refractivity contribution is 0.0533. The van der Waals surface area contributed by atoms with Crippen LogP contribution in [0.3, 0.4) is 0 Å². The van der Waals surface area contributed by atoms with Crippen LogP contribution in [-0.4, -0.2) is 24.0 Å². The van der Waals surface area contributed by atoms with Crippen LogP contribution in [0.5, 0.6) is 11.5 Å². The molecule has 2 rings (SSSR count). The predicted octanol–water partition coefficient (Wildman–Crippen LogP) is 5.52. The molecule has 0 amide bonds. The van der Waals surface area contributed by atoms with Crippen LogP contribution in [0.15, 0.2) is 18.2 Å². The van der Waals surface area contributed by atoms with Crippen molar-refractivity contribution in [1.29, 1.82) is 0 Å². The molecule has 0 aliphatic carbocycles. The lowest BCUT2D eigenvalue weighted by Crippen LogP contribution is -2.36. The molecule has 0 saturated heterocycles. The van der Waals surface area contributed by atoms with Crippen molar-refractivity contribution >= 4 is 10.1 Å². The van der Waals surface area contributed by atoms with Gasteiger partial charge in [-0.15, -0.1) is 0 Å². The lowest BCUT2D eigenvalue weighted by atomic mass is 9.88. The average Bonchev–Trinajstić information content (AvgIpc) is 2.60. The monoisotopic (exact) mass is 398 g/mol. The SMILES string of the molecule is CCCCCCCCCC1(C)CCc2cc(OC(C)S(=O)(=O)O)ccc2O1. The number of hydrogen-bond donors (Lipinski definition) is 1. The van der Waals surface area contributed by atoms with E-state index < -0.39 is 15.6 Å². The minimum Gasteiger partial charge on any atom is -0.487 e. The minimum atomic E-state index is -4.21. The number of benzene rings is 1. The molecule has 27 heavy (non-hydrogen) atoms. The summed E-state index contributed by atoms with van der Waals surface area (Å²) >= 11 is 0. The van der Waals surface area contributed by atoms with E-state index in [1.54, 1.807) is 6.07 Å². The van der Waals surface area contributed by atoms with Crippen LogP contribution in [0.25, 0.3) is 0 Å². The Labute approximate surface area is 164 Å². The predicted molar refractivity (Wildman–Crippen MR) is 108 cm³/mol. The Hall–Kier alpha value is -1.27.